The fourth-order valence-corrected chi connectivity index (χ4v) is 4.80. The Labute approximate surface area is 173 Å². The first-order chi connectivity index (χ1) is 14.6. The van der Waals surface area contributed by atoms with Crippen LogP contribution in [0.3, 0.4) is 0 Å². The molecule has 3 aromatic rings. The summed E-state index contributed by atoms with van der Waals surface area (Å²) in [6, 6.07) is 13.3. The monoisotopic (exact) mass is 405 g/mol. The number of carbonyl (C=O) groups is 1. The standard InChI is InChI=1S/C23H21FN4O2/c24-16-7-5-15(6-8-16)18-11-19(29)20(23(30)22(18)28-13-25-12-27-28)21-17-4-2-1-3-14(17)9-10-26-21/h1-8,12-13,18,21-22,26,30H,9-11H2/p+1/t18-,21-,22-/m0/s1. The van der Waals surface area contributed by atoms with Crippen LogP contribution in [0.25, 0.3) is 0 Å². The lowest BCUT2D eigenvalue weighted by atomic mass is 9.75. The molecule has 6 nitrogen and oxygen atoms in total. The van der Waals surface area contributed by atoms with Crippen molar-refractivity contribution < 1.29 is 19.6 Å². The Kier molecular flexibility index (Phi) is 4.67. The Balaban J connectivity index is 1.64. The number of fused-ring (bicyclic) bond motifs is 1. The molecule has 1 aromatic heterocycles. The van der Waals surface area contributed by atoms with Gasteiger partial charge in [0.25, 0.3) is 0 Å². The molecule has 152 valence electrons. The zero-order chi connectivity index (χ0) is 20.7. The smallest absolute Gasteiger partial charge is 0.169 e. The molecule has 3 atom stereocenters. The second-order valence-corrected chi connectivity index (χ2v) is 7.86. The van der Waals surface area contributed by atoms with Gasteiger partial charge in [0.2, 0.25) is 0 Å². The minimum absolute atomic E-state index is 0.0176. The van der Waals surface area contributed by atoms with Crippen molar-refractivity contribution in [2.75, 3.05) is 6.54 Å². The van der Waals surface area contributed by atoms with Crippen LogP contribution < -0.4 is 5.32 Å². The third-order valence-corrected chi connectivity index (χ3v) is 6.18. The first-order valence-corrected chi connectivity index (χ1v) is 10.1. The second-order valence-electron chi connectivity index (χ2n) is 7.86. The minimum Gasteiger partial charge on any atom is -0.509 e. The highest BCUT2D eigenvalue weighted by Gasteiger charge is 2.44. The van der Waals surface area contributed by atoms with Crippen molar-refractivity contribution in [3.05, 3.63) is 95.0 Å². The molecule has 7 heteroatoms. The number of halogens is 1. The summed E-state index contributed by atoms with van der Waals surface area (Å²) in [5.41, 5.74) is 3.48. The number of Topliss-reactive ketones (excluding diaryl/α,β-unsaturated/α-hetero) is 1. The van der Waals surface area contributed by atoms with Crippen LogP contribution in [0.2, 0.25) is 0 Å². The van der Waals surface area contributed by atoms with Crippen LogP contribution in [0.15, 0.2) is 72.5 Å². The average molecular weight is 405 g/mol. The van der Waals surface area contributed by atoms with E-state index in [0.717, 1.165) is 24.1 Å². The van der Waals surface area contributed by atoms with Crippen LogP contribution in [0.5, 0.6) is 0 Å². The lowest BCUT2D eigenvalue weighted by molar-refractivity contribution is -0.690. The molecule has 0 radical (unpaired) electrons. The summed E-state index contributed by atoms with van der Waals surface area (Å²) >= 11 is 0. The van der Waals surface area contributed by atoms with Crippen LogP contribution in [-0.2, 0) is 11.2 Å². The van der Waals surface area contributed by atoms with Gasteiger partial charge in [-0.1, -0.05) is 36.4 Å². The first-order valence-electron chi connectivity index (χ1n) is 10.1. The quantitative estimate of drug-likeness (QED) is 0.701. The van der Waals surface area contributed by atoms with Crippen molar-refractivity contribution in [1.82, 2.24) is 14.8 Å². The molecule has 0 amide bonds. The molecule has 0 spiro atoms. The predicted molar refractivity (Wildman–Crippen MR) is 107 cm³/mol. The fraction of sp³-hybridized carbons (Fsp3) is 0.261. The summed E-state index contributed by atoms with van der Waals surface area (Å²) in [5, 5.41) is 17.8. The molecule has 1 aliphatic heterocycles. The number of allylic oxidation sites excluding steroid dienone is 1. The number of benzene rings is 2. The maximum absolute atomic E-state index is 13.5. The average Bonchev–Trinajstić information content (AvgIpc) is 3.28. The van der Waals surface area contributed by atoms with Gasteiger partial charge in [-0.15, -0.1) is 0 Å². The van der Waals surface area contributed by atoms with Gasteiger partial charge in [0.1, 0.15) is 36.3 Å². The van der Waals surface area contributed by atoms with Crippen molar-refractivity contribution in [2.24, 2.45) is 0 Å². The van der Waals surface area contributed by atoms with Crippen molar-refractivity contribution >= 4 is 5.78 Å². The summed E-state index contributed by atoms with van der Waals surface area (Å²) < 4.78 is 15.1. The van der Waals surface area contributed by atoms with Crippen molar-refractivity contribution in [1.29, 1.82) is 0 Å². The van der Waals surface area contributed by atoms with Gasteiger partial charge < -0.3 is 10.4 Å². The van der Waals surface area contributed by atoms with Gasteiger partial charge in [0.15, 0.2) is 5.78 Å². The molecule has 0 saturated carbocycles. The van der Waals surface area contributed by atoms with Crippen molar-refractivity contribution in [3.63, 3.8) is 0 Å². The van der Waals surface area contributed by atoms with Gasteiger partial charge in [-0.05, 0) is 23.3 Å². The van der Waals surface area contributed by atoms with E-state index in [2.05, 4.69) is 21.5 Å². The molecule has 3 N–H and O–H groups in total. The number of ketones is 1. The van der Waals surface area contributed by atoms with Crippen LogP contribution in [0.4, 0.5) is 4.39 Å². The molecule has 5 rings (SSSR count). The van der Waals surface area contributed by atoms with Crippen molar-refractivity contribution in [2.45, 2.75) is 30.8 Å². The van der Waals surface area contributed by atoms with E-state index >= 15 is 0 Å². The number of carbonyl (C=O) groups excluding carboxylic acids is 1. The highest BCUT2D eigenvalue weighted by molar-refractivity contribution is 5.98. The van der Waals surface area contributed by atoms with Crippen LogP contribution >= 0.6 is 0 Å². The largest absolute Gasteiger partial charge is 0.509 e. The lowest BCUT2D eigenvalue weighted by Gasteiger charge is -2.35. The minimum atomic E-state index is -0.576. The molecule has 0 unspecified atom stereocenters. The number of aromatic nitrogens is 3. The molecular formula is C23H22FN4O2+. The summed E-state index contributed by atoms with van der Waals surface area (Å²) in [6.07, 6.45) is 4.10. The Morgan fingerprint density at radius 3 is 2.70 bits per heavy atom. The van der Waals surface area contributed by atoms with E-state index in [0.29, 0.717) is 5.57 Å². The Bertz CT molecular complexity index is 1110. The van der Waals surface area contributed by atoms with E-state index in [1.54, 1.807) is 23.1 Å². The molecule has 0 fully saturated rings. The van der Waals surface area contributed by atoms with Gasteiger partial charge in [-0.3, -0.25) is 4.79 Å². The molecule has 2 aromatic carbocycles. The Hall–Kier alpha value is -3.32. The highest BCUT2D eigenvalue weighted by Crippen LogP contribution is 2.44. The van der Waals surface area contributed by atoms with Crippen LogP contribution in [0.1, 0.15) is 41.1 Å². The number of aliphatic hydroxyl groups excluding tert-OH is 1. The summed E-state index contributed by atoms with van der Waals surface area (Å²) in [6.45, 7) is 0.848. The van der Waals surface area contributed by atoms with E-state index in [1.165, 1.54) is 24.0 Å². The van der Waals surface area contributed by atoms with Gasteiger partial charge >= 0.3 is 0 Å². The fourth-order valence-electron chi connectivity index (χ4n) is 4.80. The molecule has 2 aliphatic rings. The van der Waals surface area contributed by atoms with Gasteiger partial charge in [0, 0.05) is 24.3 Å². The number of nitrogens with two attached hydrogens (primary N) is 1. The van der Waals surface area contributed by atoms with Crippen LogP contribution in [0, 0.1) is 5.82 Å². The van der Waals surface area contributed by atoms with E-state index < -0.39 is 6.04 Å². The van der Waals surface area contributed by atoms with E-state index in [1.807, 2.05) is 18.2 Å². The highest BCUT2D eigenvalue weighted by atomic mass is 19.1. The third-order valence-electron chi connectivity index (χ3n) is 6.18. The number of aliphatic hydroxyl groups is 1. The molecule has 1 aliphatic carbocycles. The molecule has 2 heterocycles. The zero-order valence-corrected chi connectivity index (χ0v) is 16.3. The predicted octanol–water partition coefficient (Wildman–Crippen LogP) is 2.39. The molecule has 0 saturated heterocycles. The van der Waals surface area contributed by atoms with Crippen LogP contribution in [-0.4, -0.2) is 32.2 Å². The van der Waals surface area contributed by atoms with Gasteiger partial charge in [-0.2, -0.15) is 5.10 Å². The second kappa shape index (κ2) is 7.50. The third kappa shape index (κ3) is 3.11. The number of nitrogens with zero attached hydrogens (tertiary/aromatic N) is 3. The van der Waals surface area contributed by atoms with E-state index in [9.17, 15) is 14.3 Å². The Morgan fingerprint density at radius 1 is 1.13 bits per heavy atom. The van der Waals surface area contributed by atoms with Gasteiger partial charge in [-0.25, -0.2) is 14.1 Å². The number of quaternary nitrogens is 1. The number of hydrogen-bond acceptors (Lipinski definition) is 4. The number of hydrogen-bond donors (Lipinski definition) is 2. The zero-order valence-electron chi connectivity index (χ0n) is 16.3. The van der Waals surface area contributed by atoms with Crippen molar-refractivity contribution in [3.8, 4) is 0 Å². The Morgan fingerprint density at radius 2 is 1.93 bits per heavy atom. The first kappa shape index (κ1) is 18.7. The molecule has 0 bridgehead atoms. The topological polar surface area (TPSA) is 84.6 Å². The maximum Gasteiger partial charge on any atom is 0.169 e. The number of rotatable bonds is 3. The lowest BCUT2D eigenvalue weighted by Crippen LogP contribution is -2.88. The maximum atomic E-state index is 13.5. The molecule has 30 heavy (non-hydrogen) atoms. The summed E-state index contributed by atoms with van der Waals surface area (Å²) in [5.74, 6) is -0.769. The summed E-state index contributed by atoms with van der Waals surface area (Å²) in [4.78, 5) is 17.4. The van der Waals surface area contributed by atoms with E-state index in [4.69, 9.17) is 0 Å². The summed E-state index contributed by atoms with van der Waals surface area (Å²) in [7, 11) is 0. The molecular weight excluding hydrogens is 383 g/mol. The SMILES string of the molecule is O=C1C[C@@H](c2ccc(F)cc2)[C@H](n2cncn2)C(O)=C1[C@H]1[NH2+]CCc2ccccc21. The van der Waals surface area contributed by atoms with E-state index in [-0.39, 0.29) is 35.7 Å². The normalized spacial score (nSPS) is 24.0. The van der Waals surface area contributed by atoms with Gasteiger partial charge in [0.05, 0.1) is 12.1 Å².